The number of hydrogen-bond acceptors (Lipinski definition) is 8. The van der Waals surface area contributed by atoms with Gasteiger partial charge in [0.15, 0.2) is 17.2 Å². The number of hydrogen-bond donors (Lipinski definition) is 2. The lowest BCUT2D eigenvalue weighted by molar-refractivity contribution is 0.0949. The number of fused-ring (bicyclic) bond motifs is 1. The fourth-order valence-corrected chi connectivity index (χ4v) is 4.97. The molecule has 0 bridgehead atoms. The fourth-order valence-electron chi connectivity index (χ4n) is 4.32. The van der Waals surface area contributed by atoms with E-state index in [4.69, 9.17) is 14.9 Å². The Bertz CT molecular complexity index is 1370. The van der Waals surface area contributed by atoms with E-state index in [0.717, 1.165) is 21.7 Å². The molecule has 0 saturated heterocycles. The minimum Gasteiger partial charge on any atom is -0.496 e. The predicted octanol–water partition coefficient (Wildman–Crippen LogP) is 4.87. The third-order valence-corrected chi connectivity index (χ3v) is 6.94. The van der Waals surface area contributed by atoms with E-state index in [1.807, 2.05) is 24.4 Å². The van der Waals surface area contributed by atoms with Gasteiger partial charge in [-0.3, -0.25) is 15.0 Å². The first-order chi connectivity index (χ1) is 17.6. The highest BCUT2D eigenvalue weighted by molar-refractivity contribution is 8.93. The Morgan fingerprint density at radius 1 is 1.24 bits per heavy atom. The SMILES string of the molecule is Br.CCOc1cc2c(nc1C(=O)NC)C(=N)N(CC(=O)c1cc(-c3nccs3)c(OC)c(C(C)(C)C)c1)C2. The number of aromatic nitrogens is 2. The van der Waals surface area contributed by atoms with Gasteiger partial charge in [0.2, 0.25) is 0 Å². The Morgan fingerprint density at radius 3 is 2.55 bits per heavy atom. The van der Waals surface area contributed by atoms with Crippen LogP contribution in [0.15, 0.2) is 29.8 Å². The number of halogens is 1. The minimum absolute atomic E-state index is 0. The second kappa shape index (κ2) is 11.6. The number of methoxy groups -OCH3 is 1. The summed E-state index contributed by atoms with van der Waals surface area (Å²) < 4.78 is 11.4. The van der Waals surface area contributed by atoms with Crippen LogP contribution in [0.2, 0.25) is 0 Å². The van der Waals surface area contributed by atoms with Crippen LogP contribution in [0.3, 0.4) is 0 Å². The molecule has 0 aliphatic carbocycles. The number of Topliss-reactive ketones (excluding diaryl/α,β-unsaturated/α-hetero) is 1. The molecule has 1 aliphatic heterocycles. The minimum atomic E-state index is -0.392. The lowest BCUT2D eigenvalue weighted by Gasteiger charge is -2.25. The number of carbonyl (C=O) groups excluding carboxylic acids is 2. The summed E-state index contributed by atoms with van der Waals surface area (Å²) >= 11 is 1.48. The highest BCUT2D eigenvalue weighted by atomic mass is 79.9. The Kier molecular flexibility index (Phi) is 8.94. The largest absolute Gasteiger partial charge is 0.496 e. The topological polar surface area (TPSA) is 118 Å². The van der Waals surface area contributed by atoms with Crippen LogP contribution in [-0.4, -0.2) is 59.7 Å². The van der Waals surface area contributed by atoms with Crippen molar-refractivity contribution in [1.29, 1.82) is 5.41 Å². The number of rotatable bonds is 8. The molecule has 38 heavy (non-hydrogen) atoms. The molecule has 2 N–H and O–H groups in total. The van der Waals surface area contributed by atoms with Crippen molar-refractivity contribution in [3.8, 4) is 22.1 Å². The number of benzene rings is 1. The summed E-state index contributed by atoms with van der Waals surface area (Å²) in [4.78, 5) is 36.5. The number of amides is 1. The Labute approximate surface area is 236 Å². The van der Waals surface area contributed by atoms with Crippen LogP contribution in [0.1, 0.15) is 65.4 Å². The Morgan fingerprint density at radius 2 is 1.97 bits per heavy atom. The average molecular weight is 603 g/mol. The summed E-state index contributed by atoms with van der Waals surface area (Å²) in [6.45, 7) is 8.73. The van der Waals surface area contributed by atoms with E-state index in [-0.39, 0.29) is 46.3 Å². The van der Waals surface area contributed by atoms with Crippen molar-refractivity contribution < 1.29 is 19.1 Å². The van der Waals surface area contributed by atoms with Gasteiger partial charge in [-0.05, 0) is 30.5 Å². The molecule has 202 valence electrons. The maximum atomic E-state index is 13.6. The van der Waals surface area contributed by atoms with Gasteiger partial charge < -0.3 is 19.7 Å². The van der Waals surface area contributed by atoms with Gasteiger partial charge in [0.1, 0.15) is 22.3 Å². The van der Waals surface area contributed by atoms with Crippen molar-refractivity contribution in [2.45, 2.75) is 39.7 Å². The number of nitrogens with one attached hydrogen (secondary N) is 2. The van der Waals surface area contributed by atoms with Gasteiger partial charge in [-0.1, -0.05) is 20.8 Å². The lowest BCUT2D eigenvalue weighted by atomic mass is 9.83. The normalized spacial score (nSPS) is 12.6. The van der Waals surface area contributed by atoms with E-state index >= 15 is 0 Å². The van der Waals surface area contributed by atoms with Crippen LogP contribution < -0.4 is 14.8 Å². The monoisotopic (exact) mass is 601 g/mol. The molecule has 0 radical (unpaired) electrons. The zero-order valence-electron chi connectivity index (χ0n) is 22.3. The van der Waals surface area contributed by atoms with Crippen molar-refractivity contribution in [2.75, 3.05) is 27.3 Å². The predicted molar refractivity (Wildman–Crippen MR) is 153 cm³/mol. The number of ether oxygens (including phenoxy) is 2. The molecule has 1 amide bonds. The van der Waals surface area contributed by atoms with Crippen LogP contribution in [-0.2, 0) is 12.0 Å². The van der Waals surface area contributed by atoms with Crippen molar-refractivity contribution in [1.82, 2.24) is 20.2 Å². The molecule has 0 atom stereocenters. The van der Waals surface area contributed by atoms with Crippen molar-refractivity contribution in [3.63, 3.8) is 0 Å². The molecule has 11 heteroatoms. The third kappa shape index (κ3) is 5.58. The molecule has 1 aliphatic rings. The number of amidine groups is 1. The number of pyridine rings is 1. The van der Waals surface area contributed by atoms with Gasteiger partial charge in [-0.2, -0.15) is 0 Å². The van der Waals surface area contributed by atoms with Crippen LogP contribution in [0.25, 0.3) is 10.6 Å². The maximum absolute atomic E-state index is 13.6. The molecule has 0 unspecified atom stereocenters. The molecule has 0 saturated carbocycles. The second-order valence-corrected chi connectivity index (χ2v) is 10.6. The highest BCUT2D eigenvalue weighted by Gasteiger charge is 2.32. The molecule has 3 aromatic rings. The summed E-state index contributed by atoms with van der Waals surface area (Å²) in [6.07, 6.45) is 1.73. The number of ketones is 1. The zero-order valence-corrected chi connectivity index (χ0v) is 24.8. The van der Waals surface area contributed by atoms with Gasteiger partial charge in [-0.15, -0.1) is 28.3 Å². The van der Waals surface area contributed by atoms with E-state index in [2.05, 4.69) is 36.1 Å². The van der Waals surface area contributed by atoms with E-state index < -0.39 is 5.91 Å². The Balaban J connectivity index is 0.00000400. The summed E-state index contributed by atoms with van der Waals surface area (Å²) in [5.41, 5.74) is 3.16. The average Bonchev–Trinajstić information content (AvgIpc) is 3.50. The zero-order chi connectivity index (χ0) is 26.9. The van der Waals surface area contributed by atoms with E-state index in [0.29, 0.717) is 35.9 Å². The van der Waals surface area contributed by atoms with Crippen molar-refractivity contribution in [2.24, 2.45) is 0 Å². The van der Waals surface area contributed by atoms with Gasteiger partial charge in [0, 0.05) is 41.9 Å². The number of thiazole rings is 1. The fraction of sp³-hybridized carbons (Fsp3) is 0.370. The summed E-state index contributed by atoms with van der Waals surface area (Å²) in [6, 6.07) is 5.43. The standard InChI is InChI=1S/C27H31N5O4S.BrH/c1-7-36-20-12-16-13-32(24(28)21(16)31-22(20)25(34)29-5)14-19(33)15-10-17(26-30-8-9-37-26)23(35-6)18(11-15)27(2,3)4;/h8-12,28H,7,13-14H2,1-6H3,(H,29,34);1H. The molecule has 0 spiro atoms. The van der Waals surface area contributed by atoms with E-state index in [9.17, 15) is 9.59 Å². The molecule has 9 nitrogen and oxygen atoms in total. The first-order valence-electron chi connectivity index (χ1n) is 12.0. The van der Waals surface area contributed by atoms with Gasteiger partial charge in [-0.25, -0.2) is 9.97 Å². The van der Waals surface area contributed by atoms with E-state index in [1.165, 1.54) is 18.4 Å². The number of nitrogens with zero attached hydrogens (tertiary/aromatic N) is 3. The Hall–Kier alpha value is -3.31. The number of carbonyl (C=O) groups is 2. The first kappa shape index (κ1) is 29.2. The van der Waals surface area contributed by atoms with Gasteiger partial charge in [0.05, 0.1) is 25.8 Å². The molecular formula is C27H32BrN5O4S. The van der Waals surface area contributed by atoms with Crippen molar-refractivity contribution >= 4 is 45.8 Å². The molecule has 1 aromatic carbocycles. The molecule has 2 aromatic heterocycles. The molecule has 3 heterocycles. The van der Waals surface area contributed by atoms with Crippen molar-refractivity contribution in [3.05, 3.63) is 57.9 Å². The van der Waals surface area contributed by atoms with Crippen LogP contribution in [0.4, 0.5) is 0 Å². The van der Waals surface area contributed by atoms with Crippen LogP contribution in [0.5, 0.6) is 11.5 Å². The first-order valence-corrected chi connectivity index (χ1v) is 12.8. The summed E-state index contributed by atoms with van der Waals surface area (Å²) in [5.74, 6) is 0.631. The van der Waals surface area contributed by atoms with Crippen LogP contribution >= 0.6 is 28.3 Å². The second-order valence-electron chi connectivity index (χ2n) is 9.67. The summed E-state index contributed by atoms with van der Waals surface area (Å²) in [7, 11) is 3.15. The smallest absolute Gasteiger partial charge is 0.273 e. The lowest BCUT2D eigenvalue weighted by Crippen LogP contribution is -2.31. The third-order valence-electron chi connectivity index (χ3n) is 6.13. The molecule has 4 rings (SSSR count). The van der Waals surface area contributed by atoms with Crippen LogP contribution in [0, 0.1) is 5.41 Å². The quantitative estimate of drug-likeness (QED) is 0.354. The highest BCUT2D eigenvalue weighted by Crippen LogP contribution is 2.41. The van der Waals surface area contributed by atoms with E-state index in [1.54, 1.807) is 24.3 Å². The summed E-state index contributed by atoms with van der Waals surface area (Å²) in [5, 5.41) is 13.9. The maximum Gasteiger partial charge on any atom is 0.273 e. The van der Waals surface area contributed by atoms with Gasteiger partial charge in [0.25, 0.3) is 5.91 Å². The molecular weight excluding hydrogens is 570 g/mol. The molecule has 0 fully saturated rings. The van der Waals surface area contributed by atoms with Gasteiger partial charge >= 0.3 is 0 Å².